The van der Waals surface area contributed by atoms with Crippen molar-refractivity contribution in [1.29, 1.82) is 0 Å². The van der Waals surface area contributed by atoms with E-state index in [0.717, 1.165) is 22.8 Å². The van der Waals surface area contributed by atoms with Crippen LogP contribution in [-0.2, 0) is 17.1 Å². The predicted octanol–water partition coefficient (Wildman–Crippen LogP) is 5.17. The van der Waals surface area contributed by atoms with E-state index in [0.29, 0.717) is 34.4 Å². The fourth-order valence-corrected chi connectivity index (χ4v) is 3.65. The van der Waals surface area contributed by atoms with Crippen LogP contribution in [0.5, 0.6) is 0 Å². The quantitative estimate of drug-likeness (QED) is 0.172. The van der Waals surface area contributed by atoms with Gasteiger partial charge in [0.25, 0.3) is 0 Å². The topological polar surface area (TPSA) is 122 Å². The Balaban J connectivity index is 0.000000280. The Labute approximate surface area is 251 Å². The first-order valence-corrected chi connectivity index (χ1v) is 12.7. The van der Waals surface area contributed by atoms with E-state index >= 15 is 0 Å². The van der Waals surface area contributed by atoms with E-state index in [1.54, 1.807) is 38.1 Å². The first kappa shape index (κ1) is 32.7. The molecule has 4 rings (SSSR count). The number of aliphatic imine (C=N–C) groups is 2. The second kappa shape index (κ2) is 16.0. The van der Waals surface area contributed by atoms with Gasteiger partial charge in [-0.15, -0.1) is 0 Å². The average Bonchev–Trinajstić information content (AvgIpc) is 2.88. The maximum Gasteiger partial charge on any atom is 2.00 e. The predicted molar refractivity (Wildman–Crippen MR) is 157 cm³/mol. The summed E-state index contributed by atoms with van der Waals surface area (Å²) in [6.07, 6.45) is 2.99. The number of rotatable bonds is 6. The van der Waals surface area contributed by atoms with Crippen molar-refractivity contribution in [2.24, 2.45) is 9.98 Å². The molecule has 0 fully saturated rings. The van der Waals surface area contributed by atoms with Crippen molar-refractivity contribution in [2.75, 3.05) is 0 Å². The van der Waals surface area contributed by atoms with E-state index < -0.39 is 0 Å². The van der Waals surface area contributed by atoms with E-state index in [1.165, 1.54) is 12.2 Å². The van der Waals surface area contributed by atoms with E-state index in [1.807, 2.05) is 76.2 Å². The van der Waals surface area contributed by atoms with Gasteiger partial charge in [0.15, 0.2) is 0 Å². The van der Waals surface area contributed by atoms with Crippen LogP contribution < -0.4 is 10.2 Å². The minimum absolute atomic E-state index is 0. The van der Waals surface area contributed by atoms with E-state index in [-0.39, 0.29) is 28.6 Å². The average molecular weight is 596 g/mol. The molecule has 2 aromatic carbocycles. The third kappa shape index (κ3) is 11.3. The molecule has 8 nitrogen and oxygen atoms in total. The van der Waals surface area contributed by atoms with Gasteiger partial charge in [-0.25, -0.2) is 29.9 Å². The van der Waals surface area contributed by atoms with Crippen molar-refractivity contribution in [3.63, 3.8) is 0 Å². The van der Waals surface area contributed by atoms with Crippen molar-refractivity contribution in [2.45, 2.75) is 41.5 Å². The Hall–Kier alpha value is -4.46. The summed E-state index contributed by atoms with van der Waals surface area (Å²) >= 11 is 0. The Morgan fingerprint density at radius 2 is 0.854 bits per heavy atom. The van der Waals surface area contributed by atoms with Crippen LogP contribution in [0.1, 0.15) is 47.8 Å². The summed E-state index contributed by atoms with van der Waals surface area (Å²) in [5, 5.41) is 24.0. The molecule has 0 amide bonds. The fraction of sp³-hybridized carbons (Fsp3) is 0.188. The van der Waals surface area contributed by atoms with Crippen molar-refractivity contribution in [3.8, 4) is 0 Å². The Kier molecular flexibility index (Phi) is 12.7. The molecule has 2 aromatic heterocycles. The second-order valence-electron chi connectivity index (χ2n) is 9.16. The van der Waals surface area contributed by atoms with Crippen LogP contribution in [0.4, 0.5) is 11.9 Å². The molecule has 4 aromatic rings. The first-order chi connectivity index (χ1) is 19.1. The molecule has 2 heterocycles. The van der Waals surface area contributed by atoms with Crippen LogP contribution in [0.3, 0.4) is 0 Å². The molecule has 0 aliphatic heterocycles. The number of aromatic nitrogens is 4. The van der Waals surface area contributed by atoms with E-state index in [2.05, 4.69) is 29.9 Å². The van der Waals surface area contributed by atoms with Crippen LogP contribution in [0.25, 0.3) is 11.5 Å². The molecule has 0 aliphatic rings. The van der Waals surface area contributed by atoms with Crippen molar-refractivity contribution >= 4 is 34.8 Å². The molecular weight excluding hydrogens is 564 g/mol. The molecule has 0 N–H and O–H groups in total. The first-order valence-electron chi connectivity index (χ1n) is 12.7. The number of allylic oxidation sites excluding steroid dienone is 2. The van der Waals surface area contributed by atoms with Gasteiger partial charge in [0.2, 0.25) is 11.9 Å². The fourth-order valence-electron chi connectivity index (χ4n) is 3.65. The van der Waals surface area contributed by atoms with Crippen molar-refractivity contribution in [3.05, 3.63) is 119 Å². The van der Waals surface area contributed by atoms with Gasteiger partial charge in [0.1, 0.15) is 0 Å². The largest absolute Gasteiger partial charge is 2.00 e. The van der Waals surface area contributed by atoms with Gasteiger partial charge in [0, 0.05) is 34.2 Å². The SMILES string of the molecule is CC(/C=C(\[O-])c1ccccc1)=N\c1nc(C)cc(C)n1.CC(/C=C(\[O-])c1ccccc1)=N\c1nc(C)cc(C)n1.[Cu+2]. The third-order valence-electron chi connectivity index (χ3n) is 5.29. The molecule has 1 radical (unpaired) electrons. The molecule has 0 atom stereocenters. The minimum Gasteiger partial charge on any atom is -0.872 e. The molecule has 0 saturated carbocycles. The van der Waals surface area contributed by atoms with Crippen molar-refractivity contribution < 1.29 is 27.3 Å². The van der Waals surface area contributed by atoms with Crippen LogP contribution in [0.2, 0.25) is 0 Å². The van der Waals surface area contributed by atoms with Gasteiger partial charge in [-0.05, 0) is 77.0 Å². The molecule has 213 valence electrons. The summed E-state index contributed by atoms with van der Waals surface area (Å²) in [6.45, 7) is 11.1. The Bertz CT molecular complexity index is 1410. The standard InChI is InChI=1S/2C16H17N3O.Cu/c2*1-11-9-12(2)18-16(17-11)19-13(3)10-15(20)14-7-5-4-6-8-14;/h2*4-10,20H,1-3H3;/q;;+2/p-2/b2*15-10-,19-13+;. The maximum atomic E-state index is 12.0. The van der Waals surface area contributed by atoms with Gasteiger partial charge in [-0.3, -0.25) is 0 Å². The molecule has 0 unspecified atom stereocenters. The molecular formula is C32H32CuN6O2. The third-order valence-corrected chi connectivity index (χ3v) is 5.29. The Morgan fingerprint density at radius 1 is 0.561 bits per heavy atom. The molecule has 0 saturated heterocycles. The van der Waals surface area contributed by atoms with Gasteiger partial charge in [0.05, 0.1) is 0 Å². The molecule has 9 heteroatoms. The van der Waals surface area contributed by atoms with Crippen LogP contribution in [0, 0.1) is 27.7 Å². The number of nitrogens with zero attached hydrogens (tertiary/aromatic N) is 6. The summed E-state index contributed by atoms with van der Waals surface area (Å²) in [5.74, 6) is 0.627. The summed E-state index contributed by atoms with van der Waals surface area (Å²) in [5.41, 5.74) is 5.90. The number of hydrogen-bond acceptors (Lipinski definition) is 8. The normalized spacial score (nSPS) is 12.2. The van der Waals surface area contributed by atoms with E-state index in [9.17, 15) is 10.2 Å². The van der Waals surface area contributed by atoms with Crippen molar-refractivity contribution in [1.82, 2.24) is 19.9 Å². The minimum atomic E-state index is -0.0729. The van der Waals surface area contributed by atoms with Gasteiger partial charge >= 0.3 is 17.1 Å². The number of aryl methyl sites for hydroxylation is 4. The smallest absolute Gasteiger partial charge is 0.872 e. The number of hydrogen-bond donors (Lipinski definition) is 0. The zero-order chi connectivity index (χ0) is 29.1. The summed E-state index contributed by atoms with van der Waals surface area (Å²) in [6, 6.07) is 22.0. The zero-order valence-electron chi connectivity index (χ0n) is 23.9. The molecule has 0 bridgehead atoms. The van der Waals surface area contributed by atoms with Gasteiger partial charge in [-0.1, -0.05) is 72.2 Å². The monoisotopic (exact) mass is 595 g/mol. The maximum absolute atomic E-state index is 12.0. The second-order valence-corrected chi connectivity index (χ2v) is 9.16. The zero-order valence-corrected chi connectivity index (χ0v) is 24.8. The van der Waals surface area contributed by atoms with Gasteiger partial charge < -0.3 is 10.2 Å². The molecule has 0 aliphatic carbocycles. The summed E-state index contributed by atoms with van der Waals surface area (Å²) < 4.78 is 0. The van der Waals surface area contributed by atoms with Gasteiger partial charge in [-0.2, -0.15) is 0 Å². The van der Waals surface area contributed by atoms with Crippen LogP contribution in [0.15, 0.2) is 94.9 Å². The molecule has 0 spiro atoms. The molecule has 41 heavy (non-hydrogen) atoms. The van der Waals surface area contributed by atoms with E-state index in [4.69, 9.17) is 0 Å². The summed E-state index contributed by atoms with van der Waals surface area (Å²) in [4.78, 5) is 25.4. The number of benzene rings is 2. The summed E-state index contributed by atoms with van der Waals surface area (Å²) in [7, 11) is 0. The van der Waals surface area contributed by atoms with Crippen LogP contribution >= 0.6 is 0 Å². The Morgan fingerprint density at radius 3 is 1.15 bits per heavy atom. The van der Waals surface area contributed by atoms with Crippen LogP contribution in [-0.4, -0.2) is 31.4 Å².